The van der Waals surface area contributed by atoms with E-state index in [2.05, 4.69) is 19.9 Å². The summed E-state index contributed by atoms with van der Waals surface area (Å²) in [6.07, 6.45) is 1.48. The van der Waals surface area contributed by atoms with Crippen LogP contribution in [0.3, 0.4) is 0 Å². The maximum Gasteiger partial charge on any atom is 0.401 e. The molecule has 0 spiro atoms. The standard InChI is InChI=1S/C16H10N6O3/c1-17-9-4-3-8-5-11(23)12(10(8)6-9)14-13-15(19-7-18-14)21(2)20-16(13)22(24)25/h3-4,6-7,12H,5H2,2H3. The van der Waals surface area contributed by atoms with Crippen LogP contribution in [0.1, 0.15) is 22.7 Å². The third kappa shape index (κ3) is 2.08. The summed E-state index contributed by atoms with van der Waals surface area (Å²) in [5.41, 5.74) is 2.43. The van der Waals surface area contributed by atoms with Crippen molar-refractivity contribution >= 4 is 28.3 Å². The highest BCUT2D eigenvalue weighted by molar-refractivity contribution is 6.00. The first-order valence-corrected chi connectivity index (χ1v) is 7.36. The normalized spacial score (nSPS) is 16.0. The second kappa shape index (κ2) is 5.17. The quantitative estimate of drug-likeness (QED) is 0.403. The molecule has 0 fully saturated rings. The number of fused-ring (bicyclic) bond motifs is 2. The van der Waals surface area contributed by atoms with E-state index in [4.69, 9.17) is 6.57 Å². The van der Waals surface area contributed by atoms with Gasteiger partial charge in [-0.05, 0) is 16.1 Å². The number of Topliss-reactive ketones (excluding diaryl/α,β-unsaturated/α-hetero) is 1. The molecule has 1 aliphatic rings. The van der Waals surface area contributed by atoms with Gasteiger partial charge >= 0.3 is 5.82 Å². The summed E-state index contributed by atoms with van der Waals surface area (Å²) in [6.45, 7) is 7.16. The highest BCUT2D eigenvalue weighted by Crippen LogP contribution is 2.40. The number of aromatic nitrogens is 4. The number of rotatable bonds is 2. The van der Waals surface area contributed by atoms with Crippen LogP contribution in [0.5, 0.6) is 0 Å². The lowest BCUT2D eigenvalue weighted by Gasteiger charge is -2.10. The lowest BCUT2D eigenvalue weighted by molar-refractivity contribution is -0.388. The smallest absolute Gasteiger partial charge is 0.358 e. The molecule has 2 aromatic heterocycles. The lowest BCUT2D eigenvalue weighted by Crippen LogP contribution is -2.11. The molecule has 9 nitrogen and oxygen atoms in total. The summed E-state index contributed by atoms with van der Waals surface area (Å²) in [5.74, 6) is -1.25. The zero-order chi connectivity index (χ0) is 17.7. The number of hydrogen-bond donors (Lipinski definition) is 0. The van der Waals surface area contributed by atoms with E-state index >= 15 is 0 Å². The van der Waals surface area contributed by atoms with Gasteiger partial charge in [-0.1, -0.05) is 18.2 Å². The molecule has 0 aliphatic heterocycles. The average molecular weight is 334 g/mol. The molecular weight excluding hydrogens is 324 g/mol. The lowest BCUT2D eigenvalue weighted by atomic mass is 9.94. The molecule has 25 heavy (non-hydrogen) atoms. The molecule has 9 heteroatoms. The molecule has 1 aromatic carbocycles. The highest BCUT2D eigenvalue weighted by atomic mass is 16.6. The number of carbonyl (C=O) groups excluding carboxylic acids is 1. The largest absolute Gasteiger partial charge is 0.401 e. The van der Waals surface area contributed by atoms with Gasteiger partial charge < -0.3 is 10.1 Å². The fourth-order valence-electron chi connectivity index (χ4n) is 3.28. The van der Waals surface area contributed by atoms with Gasteiger partial charge in [-0.25, -0.2) is 14.8 Å². The van der Waals surface area contributed by atoms with E-state index in [1.54, 1.807) is 25.2 Å². The van der Waals surface area contributed by atoms with E-state index in [1.165, 1.54) is 11.0 Å². The molecule has 0 radical (unpaired) electrons. The number of nitrogens with zero attached hydrogens (tertiary/aromatic N) is 6. The maximum atomic E-state index is 12.6. The Balaban J connectivity index is 2.02. The van der Waals surface area contributed by atoms with Gasteiger partial charge in [0.25, 0.3) is 0 Å². The van der Waals surface area contributed by atoms with Crippen LogP contribution in [0.25, 0.3) is 15.9 Å². The van der Waals surface area contributed by atoms with Crippen LogP contribution < -0.4 is 0 Å². The summed E-state index contributed by atoms with van der Waals surface area (Å²) in [7, 11) is 1.55. The van der Waals surface area contributed by atoms with Crippen molar-refractivity contribution in [3.05, 3.63) is 62.9 Å². The third-order valence-electron chi connectivity index (χ3n) is 4.33. The minimum Gasteiger partial charge on any atom is -0.358 e. The molecule has 0 amide bonds. The van der Waals surface area contributed by atoms with Crippen LogP contribution in [-0.2, 0) is 18.3 Å². The Morgan fingerprint density at radius 2 is 2.20 bits per heavy atom. The fraction of sp³-hybridized carbons (Fsp3) is 0.188. The number of hydrogen-bond acceptors (Lipinski definition) is 6. The van der Waals surface area contributed by atoms with Gasteiger partial charge in [0, 0.05) is 6.42 Å². The number of aryl methyl sites for hydroxylation is 1. The van der Waals surface area contributed by atoms with Gasteiger partial charge in [-0.2, -0.15) is 4.68 Å². The van der Waals surface area contributed by atoms with Crippen molar-refractivity contribution in [3.8, 4) is 0 Å². The zero-order valence-corrected chi connectivity index (χ0v) is 13.0. The Hall–Kier alpha value is -3.67. The Labute approximate surface area is 140 Å². The van der Waals surface area contributed by atoms with Crippen molar-refractivity contribution in [3.63, 3.8) is 0 Å². The summed E-state index contributed by atoms with van der Waals surface area (Å²) < 4.78 is 1.30. The highest BCUT2D eigenvalue weighted by Gasteiger charge is 2.37. The van der Waals surface area contributed by atoms with Crippen molar-refractivity contribution in [1.82, 2.24) is 19.7 Å². The minimum absolute atomic E-state index is 0.115. The van der Waals surface area contributed by atoms with Crippen LogP contribution in [0.2, 0.25) is 0 Å². The van der Waals surface area contributed by atoms with Crippen LogP contribution in [-0.4, -0.2) is 30.5 Å². The van der Waals surface area contributed by atoms with Crippen LogP contribution >= 0.6 is 0 Å². The van der Waals surface area contributed by atoms with Crippen LogP contribution in [0, 0.1) is 16.7 Å². The van der Waals surface area contributed by atoms with Crippen molar-refractivity contribution in [1.29, 1.82) is 0 Å². The summed E-state index contributed by atoms with van der Waals surface area (Å²) in [4.78, 5) is 35.0. The van der Waals surface area contributed by atoms with Crippen molar-refractivity contribution in [2.45, 2.75) is 12.3 Å². The van der Waals surface area contributed by atoms with Gasteiger partial charge in [0.05, 0.1) is 30.3 Å². The number of carbonyl (C=O) groups is 1. The van der Waals surface area contributed by atoms with Crippen molar-refractivity contribution < 1.29 is 9.72 Å². The van der Waals surface area contributed by atoms with E-state index in [0.29, 0.717) is 16.9 Å². The predicted molar refractivity (Wildman–Crippen MR) is 86.2 cm³/mol. The molecule has 0 saturated heterocycles. The predicted octanol–water partition coefficient (Wildman–Crippen LogP) is 2.08. The van der Waals surface area contributed by atoms with E-state index in [1.807, 2.05) is 0 Å². The first kappa shape index (κ1) is 14.9. The van der Waals surface area contributed by atoms with Gasteiger partial charge in [-0.3, -0.25) is 4.79 Å². The molecular formula is C16H10N6O3. The van der Waals surface area contributed by atoms with E-state index in [-0.39, 0.29) is 29.1 Å². The monoisotopic (exact) mass is 334 g/mol. The second-order valence-corrected chi connectivity index (χ2v) is 5.73. The summed E-state index contributed by atoms with van der Waals surface area (Å²) in [5, 5.41) is 15.4. The van der Waals surface area contributed by atoms with Crippen LogP contribution in [0.15, 0.2) is 24.5 Å². The first-order valence-electron chi connectivity index (χ1n) is 7.36. The molecule has 1 unspecified atom stereocenters. The minimum atomic E-state index is -0.759. The van der Waals surface area contributed by atoms with Crippen LogP contribution in [0.4, 0.5) is 11.5 Å². The number of ketones is 1. The average Bonchev–Trinajstić information content (AvgIpc) is 3.11. The number of nitro groups is 1. The van der Waals surface area contributed by atoms with E-state index in [9.17, 15) is 14.9 Å². The summed E-state index contributed by atoms with van der Waals surface area (Å²) in [6, 6.07) is 5.05. The maximum absolute atomic E-state index is 12.6. The molecule has 0 N–H and O–H groups in total. The zero-order valence-electron chi connectivity index (χ0n) is 13.0. The molecule has 1 aliphatic carbocycles. The fourth-order valence-corrected chi connectivity index (χ4v) is 3.28. The Morgan fingerprint density at radius 1 is 1.40 bits per heavy atom. The molecule has 1 atom stereocenters. The Bertz CT molecular complexity index is 1110. The Kier molecular flexibility index (Phi) is 3.08. The summed E-state index contributed by atoms with van der Waals surface area (Å²) >= 11 is 0. The molecule has 2 heterocycles. The van der Waals surface area contributed by atoms with Gasteiger partial charge in [0.15, 0.2) is 17.1 Å². The Morgan fingerprint density at radius 3 is 2.92 bits per heavy atom. The van der Waals surface area contributed by atoms with Crippen molar-refractivity contribution in [2.75, 3.05) is 0 Å². The molecule has 4 rings (SSSR count). The molecule has 0 bridgehead atoms. The van der Waals surface area contributed by atoms with Crippen molar-refractivity contribution in [2.24, 2.45) is 7.05 Å². The topological polar surface area (TPSA) is 108 Å². The SMILES string of the molecule is [C-]#[N+]c1ccc2c(c1)C(c1ncnc3c1c([N+](=O)[O-])nn3C)C(=O)C2. The first-order chi connectivity index (χ1) is 12.0. The number of benzene rings is 1. The van der Waals surface area contributed by atoms with Gasteiger partial charge in [-0.15, -0.1) is 0 Å². The molecule has 0 saturated carbocycles. The molecule has 3 aromatic rings. The second-order valence-electron chi connectivity index (χ2n) is 5.73. The van der Waals surface area contributed by atoms with Gasteiger partial charge in [0.1, 0.15) is 11.7 Å². The third-order valence-corrected chi connectivity index (χ3v) is 4.33. The van der Waals surface area contributed by atoms with E-state index in [0.717, 1.165) is 5.56 Å². The van der Waals surface area contributed by atoms with E-state index < -0.39 is 10.8 Å². The van der Waals surface area contributed by atoms with Gasteiger partial charge in [0.2, 0.25) is 0 Å². The molecule has 122 valence electrons.